The Morgan fingerprint density at radius 3 is 2.30 bits per heavy atom. The van der Waals surface area contributed by atoms with E-state index in [1.165, 1.54) is 24.3 Å². The van der Waals surface area contributed by atoms with Crippen molar-refractivity contribution in [3.05, 3.63) is 64.2 Å². The van der Waals surface area contributed by atoms with Gasteiger partial charge in [-0.1, -0.05) is 18.2 Å². The van der Waals surface area contributed by atoms with Gasteiger partial charge in [-0.3, -0.25) is 10.1 Å². The highest BCUT2D eigenvalue weighted by atomic mass is 16.6. The number of hydrogen-bond acceptors (Lipinski definition) is 3. The molecule has 102 valence electrons. The lowest BCUT2D eigenvalue weighted by Gasteiger charge is -2.09. The minimum Gasteiger partial charge on any atom is -0.308 e. The van der Waals surface area contributed by atoms with Gasteiger partial charge in [0.1, 0.15) is 0 Å². The van der Waals surface area contributed by atoms with Crippen LogP contribution in [0.4, 0.5) is 21.9 Å². The molecule has 20 heavy (non-hydrogen) atoms. The van der Waals surface area contributed by atoms with E-state index in [0.717, 1.165) is 5.56 Å². The molecule has 0 aliphatic heterocycles. The Labute approximate surface area is 115 Å². The van der Waals surface area contributed by atoms with Gasteiger partial charge in [-0.2, -0.15) is 0 Å². The van der Waals surface area contributed by atoms with E-state index >= 15 is 0 Å². The first kappa shape index (κ1) is 13.5. The van der Waals surface area contributed by atoms with Crippen LogP contribution in [0.3, 0.4) is 0 Å². The minimum atomic E-state index is -0.489. The lowest BCUT2D eigenvalue weighted by molar-refractivity contribution is -0.384. The summed E-state index contributed by atoms with van der Waals surface area (Å²) in [4.78, 5) is 21.8. The molecular formula is C14H13N3O3. The number of nitrogens with one attached hydrogen (secondary N) is 2. The molecular weight excluding hydrogens is 258 g/mol. The van der Waals surface area contributed by atoms with Crippen molar-refractivity contribution in [2.45, 2.75) is 6.92 Å². The van der Waals surface area contributed by atoms with E-state index in [2.05, 4.69) is 10.6 Å². The molecule has 0 bridgehead atoms. The first-order chi connectivity index (χ1) is 9.56. The molecule has 6 heteroatoms. The maximum Gasteiger partial charge on any atom is 0.323 e. The van der Waals surface area contributed by atoms with E-state index in [1.54, 1.807) is 6.07 Å². The topological polar surface area (TPSA) is 84.3 Å². The molecule has 0 radical (unpaired) electrons. The van der Waals surface area contributed by atoms with Crippen LogP contribution in [0.25, 0.3) is 0 Å². The summed E-state index contributed by atoms with van der Waals surface area (Å²) in [6.07, 6.45) is 0. The molecule has 6 nitrogen and oxygen atoms in total. The highest BCUT2D eigenvalue weighted by molar-refractivity contribution is 6.00. The van der Waals surface area contributed by atoms with Crippen LogP contribution in [0.2, 0.25) is 0 Å². The van der Waals surface area contributed by atoms with Crippen LogP contribution in [-0.2, 0) is 0 Å². The van der Waals surface area contributed by atoms with Gasteiger partial charge >= 0.3 is 6.03 Å². The molecule has 0 aliphatic rings. The van der Waals surface area contributed by atoms with Gasteiger partial charge in [0.25, 0.3) is 5.69 Å². The first-order valence-corrected chi connectivity index (χ1v) is 5.94. The monoisotopic (exact) mass is 271 g/mol. The Morgan fingerprint density at radius 2 is 1.70 bits per heavy atom. The van der Waals surface area contributed by atoms with Crippen LogP contribution < -0.4 is 10.6 Å². The first-order valence-electron chi connectivity index (χ1n) is 5.94. The third-order valence-electron chi connectivity index (χ3n) is 2.73. The van der Waals surface area contributed by atoms with Crippen LogP contribution in [-0.4, -0.2) is 11.0 Å². The minimum absolute atomic E-state index is 0.0186. The Balaban J connectivity index is 2.01. The number of nitrogens with zero attached hydrogens (tertiary/aromatic N) is 1. The summed E-state index contributed by atoms with van der Waals surface area (Å²) < 4.78 is 0. The van der Waals surface area contributed by atoms with Gasteiger partial charge < -0.3 is 10.6 Å². The number of carbonyl (C=O) groups is 1. The Kier molecular flexibility index (Phi) is 3.95. The van der Waals surface area contributed by atoms with Crippen molar-refractivity contribution in [2.75, 3.05) is 10.6 Å². The Morgan fingerprint density at radius 1 is 1.05 bits per heavy atom. The predicted molar refractivity (Wildman–Crippen MR) is 76.9 cm³/mol. The largest absolute Gasteiger partial charge is 0.323 e. The highest BCUT2D eigenvalue weighted by Gasteiger charge is 2.07. The van der Waals surface area contributed by atoms with Gasteiger partial charge in [-0.25, -0.2) is 4.79 Å². The number of urea groups is 1. The number of hydrogen-bond donors (Lipinski definition) is 2. The van der Waals surface area contributed by atoms with Crippen LogP contribution in [0, 0.1) is 17.0 Å². The summed E-state index contributed by atoms with van der Waals surface area (Å²) in [7, 11) is 0. The number of aryl methyl sites for hydroxylation is 1. The van der Waals surface area contributed by atoms with Crippen molar-refractivity contribution in [1.29, 1.82) is 0 Å². The molecule has 0 aliphatic carbocycles. The van der Waals surface area contributed by atoms with Gasteiger partial charge in [0, 0.05) is 23.5 Å². The standard InChI is InChI=1S/C14H13N3O3/c1-10-4-2-3-5-13(10)16-14(18)15-11-6-8-12(9-7-11)17(19)20/h2-9H,1H3,(H2,15,16,18). The second-order valence-electron chi connectivity index (χ2n) is 4.20. The quantitative estimate of drug-likeness (QED) is 0.661. The molecule has 0 atom stereocenters. The number of amides is 2. The number of nitro benzene ring substituents is 1. The lowest BCUT2D eigenvalue weighted by Crippen LogP contribution is -2.19. The smallest absolute Gasteiger partial charge is 0.308 e. The second kappa shape index (κ2) is 5.83. The molecule has 2 amide bonds. The third-order valence-corrected chi connectivity index (χ3v) is 2.73. The van der Waals surface area contributed by atoms with Crippen molar-refractivity contribution in [2.24, 2.45) is 0 Å². The molecule has 0 spiro atoms. The molecule has 2 N–H and O–H groups in total. The number of para-hydroxylation sites is 1. The fraction of sp³-hybridized carbons (Fsp3) is 0.0714. The van der Waals surface area contributed by atoms with Gasteiger partial charge in [0.15, 0.2) is 0 Å². The number of carbonyl (C=O) groups excluding carboxylic acids is 1. The van der Waals surface area contributed by atoms with E-state index in [4.69, 9.17) is 0 Å². The van der Waals surface area contributed by atoms with E-state index in [1.807, 2.05) is 25.1 Å². The molecule has 0 unspecified atom stereocenters. The molecule has 2 aromatic rings. The van der Waals surface area contributed by atoms with Crippen molar-refractivity contribution in [1.82, 2.24) is 0 Å². The van der Waals surface area contributed by atoms with E-state index in [-0.39, 0.29) is 5.69 Å². The zero-order valence-corrected chi connectivity index (χ0v) is 10.8. The molecule has 0 aromatic heterocycles. The molecule has 2 aromatic carbocycles. The van der Waals surface area contributed by atoms with Crippen molar-refractivity contribution in [3.8, 4) is 0 Å². The summed E-state index contributed by atoms with van der Waals surface area (Å²) in [5.74, 6) is 0. The summed E-state index contributed by atoms with van der Waals surface area (Å²) in [6.45, 7) is 1.89. The molecule has 0 saturated carbocycles. The van der Waals surface area contributed by atoms with Crippen LogP contribution in [0.5, 0.6) is 0 Å². The predicted octanol–water partition coefficient (Wildman–Crippen LogP) is 3.55. The van der Waals surface area contributed by atoms with E-state index < -0.39 is 11.0 Å². The van der Waals surface area contributed by atoms with Crippen molar-refractivity contribution in [3.63, 3.8) is 0 Å². The second-order valence-corrected chi connectivity index (χ2v) is 4.20. The number of benzene rings is 2. The van der Waals surface area contributed by atoms with E-state index in [0.29, 0.717) is 11.4 Å². The summed E-state index contributed by atoms with van der Waals surface area (Å²) >= 11 is 0. The zero-order chi connectivity index (χ0) is 14.5. The molecule has 0 saturated heterocycles. The summed E-state index contributed by atoms with van der Waals surface area (Å²) in [6, 6.07) is 12.6. The average molecular weight is 271 g/mol. The van der Waals surface area contributed by atoms with Gasteiger partial charge in [-0.05, 0) is 30.7 Å². The third kappa shape index (κ3) is 3.32. The van der Waals surface area contributed by atoms with Crippen molar-refractivity contribution >= 4 is 23.1 Å². The highest BCUT2D eigenvalue weighted by Crippen LogP contribution is 2.17. The zero-order valence-electron chi connectivity index (χ0n) is 10.8. The van der Waals surface area contributed by atoms with Gasteiger partial charge in [-0.15, -0.1) is 0 Å². The SMILES string of the molecule is Cc1ccccc1NC(=O)Nc1ccc([N+](=O)[O-])cc1. The molecule has 0 heterocycles. The molecule has 2 rings (SSSR count). The molecule has 0 fully saturated rings. The maximum atomic E-state index is 11.8. The van der Waals surface area contributed by atoms with Crippen molar-refractivity contribution < 1.29 is 9.72 Å². The lowest BCUT2D eigenvalue weighted by atomic mass is 10.2. The Hall–Kier alpha value is -2.89. The fourth-order valence-corrected chi connectivity index (χ4v) is 1.66. The number of rotatable bonds is 3. The number of non-ortho nitro benzene ring substituents is 1. The summed E-state index contributed by atoms with van der Waals surface area (Å²) in [5.41, 5.74) is 2.13. The summed E-state index contributed by atoms with van der Waals surface area (Å²) in [5, 5.41) is 15.8. The van der Waals surface area contributed by atoms with E-state index in [9.17, 15) is 14.9 Å². The normalized spacial score (nSPS) is 9.85. The van der Waals surface area contributed by atoms with Gasteiger partial charge in [0.2, 0.25) is 0 Å². The maximum absolute atomic E-state index is 11.8. The van der Waals surface area contributed by atoms with Crippen LogP contribution >= 0.6 is 0 Å². The number of nitro groups is 1. The average Bonchev–Trinajstić information content (AvgIpc) is 2.42. The Bertz CT molecular complexity index is 638. The fourth-order valence-electron chi connectivity index (χ4n) is 1.66. The number of anilines is 2. The van der Waals surface area contributed by atoms with Crippen LogP contribution in [0.1, 0.15) is 5.56 Å². The van der Waals surface area contributed by atoms with Crippen LogP contribution in [0.15, 0.2) is 48.5 Å². The van der Waals surface area contributed by atoms with Gasteiger partial charge in [0.05, 0.1) is 4.92 Å².